The summed E-state index contributed by atoms with van der Waals surface area (Å²) < 4.78 is 0. The molecule has 1 atom stereocenters. The Bertz CT molecular complexity index is 182. The lowest BCUT2D eigenvalue weighted by molar-refractivity contribution is 0.223. The minimum atomic E-state index is 0.647. The van der Waals surface area contributed by atoms with Crippen LogP contribution in [-0.2, 0) is 0 Å². The van der Waals surface area contributed by atoms with E-state index in [2.05, 4.69) is 42.9 Å². The molecule has 1 heterocycles. The third kappa shape index (κ3) is 4.81. The average Bonchev–Trinajstić information content (AvgIpc) is 2.43. The van der Waals surface area contributed by atoms with E-state index in [1.165, 1.54) is 39.1 Å². The highest BCUT2D eigenvalue weighted by Gasteiger charge is 2.18. The van der Waals surface area contributed by atoms with Crippen molar-refractivity contribution in [2.75, 3.05) is 46.3 Å². The molecule has 1 rings (SSSR count). The molecule has 1 fully saturated rings. The molecule has 1 N–H and O–H groups in total. The molecule has 16 heavy (non-hydrogen) atoms. The fourth-order valence-corrected chi connectivity index (χ4v) is 2.33. The van der Waals surface area contributed by atoms with Crippen molar-refractivity contribution in [1.82, 2.24) is 15.1 Å². The van der Waals surface area contributed by atoms with Gasteiger partial charge in [0.05, 0.1) is 0 Å². The van der Waals surface area contributed by atoms with Crippen molar-refractivity contribution in [3.8, 4) is 0 Å². The molecule has 0 spiro atoms. The van der Waals surface area contributed by atoms with Gasteiger partial charge in [-0.05, 0) is 39.0 Å². The summed E-state index contributed by atoms with van der Waals surface area (Å²) in [6, 6.07) is 0.647. The van der Waals surface area contributed by atoms with E-state index in [0.717, 1.165) is 12.5 Å². The van der Waals surface area contributed by atoms with E-state index >= 15 is 0 Å². The average molecular weight is 227 g/mol. The predicted molar refractivity (Wildman–Crippen MR) is 70.9 cm³/mol. The number of hydrogen-bond acceptors (Lipinski definition) is 3. The Morgan fingerprint density at radius 2 is 1.88 bits per heavy atom. The first-order valence-corrected chi connectivity index (χ1v) is 6.77. The largest absolute Gasteiger partial charge is 0.313 e. The summed E-state index contributed by atoms with van der Waals surface area (Å²) in [4.78, 5) is 5.06. The molecule has 3 nitrogen and oxygen atoms in total. The zero-order chi connectivity index (χ0) is 12.0. The summed E-state index contributed by atoms with van der Waals surface area (Å²) in [6.45, 7) is 14.1. The van der Waals surface area contributed by atoms with Crippen molar-refractivity contribution in [1.29, 1.82) is 0 Å². The monoisotopic (exact) mass is 227 g/mol. The number of hydrogen-bond donors (Lipinski definition) is 1. The second-order valence-corrected chi connectivity index (χ2v) is 5.37. The maximum absolute atomic E-state index is 3.61. The van der Waals surface area contributed by atoms with E-state index in [4.69, 9.17) is 0 Å². The van der Waals surface area contributed by atoms with Crippen LogP contribution in [0.1, 0.15) is 27.2 Å². The molecule has 0 bridgehead atoms. The van der Waals surface area contributed by atoms with E-state index in [9.17, 15) is 0 Å². The zero-order valence-corrected chi connectivity index (χ0v) is 11.5. The molecule has 1 aliphatic heterocycles. The predicted octanol–water partition coefficient (Wildman–Crippen LogP) is 1.26. The molecule has 96 valence electrons. The van der Waals surface area contributed by atoms with E-state index < -0.39 is 0 Å². The minimum absolute atomic E-state index is 0.647. The van der Waals surface area contributed by atoms with Gasteiger partial charge in [-0.25, -0.2) is 0 Å². The Labute approximate surface area is 101 Å². The SMILES string of the molecule is CCNC(CN1CCCN(C)CC1)C(C)C. The molecule has 1 aliphatic rings. The van der Waals surface area contributed by atoms with Gasteiger partial charge in [0.1, 0.15) is 0 Å². The minimum Gasteiger partial charge on any atom is -0.313 e. The van der Waals surface area contributed by atoms with Gasteiger partial charge in [0.15, 0.2) is 0 Å². The molecule has 1 saturated heterocycles. The first-order valence-electron chi connectivity index (χ1n) is 6.77. The van der Waals surface area contributed by atoms with E-state index in [-0.39, 0.29) is 0 Å². The summed E-state index contributed by atoms with van der Waals surface area (Å²) in [7, 11) is 2.23. The molecule has 0 aromatic rings. The topological polar surface area (TPSA) is 18.5 Å². The molecule has 0 radical (unpaired) electrons. The Morgan fingerprint density at radius 1 is 1.12 bits per heavy atom. The van der Waals surface area contributed by atoms with E-state index in [1.54, 1.807) is 0 Å². The van der Waals surface area contributed by atoms with Crippen LogP contribution in [0.15, 0.2) is 0 Å². The zero-order valence-electron chi connectivity index (χ0n) is 11.5. The second kappa shape index (κ2) is 7.25. The van der Waals surface area contributed by atoms with Crippen LogP contribution in [0.2, 0.25) is 0 Å². The van der Waals surface area contributed by atoms with Gasteiger partial charge >= 0.3 is 0 Å². The van der Waals surface area contributed by atoms with Crippen LogP contribution in [0.3, 0.4) is 0 Å². The lowest BCUT2D eigenvalue weighted by Gasteiger charge is -2.29. The molecular formula is C13H29N3. The highest BCUT2D eigenvalue weighted by atomic mass is 15.2. The smallest absolute Gasteiger partial charge is 0.0217 e. The second-order valence-electron chi connectivity index (χ2n) is 5.37. The molecule has 3 heteroatoms. The van der Waals surface area contributed by atoms with Crippen molar-refractivity contribution < 1.29 is 0 Å². The maximum atomic E-state index is 3.61. The fraction of sp³-hybridized carbons (Fsp3) is 1.00. The van der Waals surface area contributed by atoms with Gasteiger partial charge in [-0.15, -0.1) is 0 Å². The van der Waals surface area contributed by atoms with Crippen molar-refractivity contribution >= 4 is 0 Å². The van der Waals surface area contributed by atoms with Crippen molar-refractivity contribution in [2.45, 2.75) is 33.2 Å². The van der Waals surface area contributed by atoms with Gasteiger partial charge in [-0.1, -0.05) is 20.8 Å². The summed E-state index contributed by atoms with van der Waals surface area (Å²) in [5, 5.41) is 3.61. The molecule has 1 unspecified atom stereocenters. The van der Waals surface area contributed by atoms with Gasteiger partial charge in [0, 0.05) is 25.7 Å². The van der Waals surface area contributed by atoms with Crippen molar-refractivity contribution in [3.05, 3.63) is 0 Å². The van der Waals surface area contributed by atoms with Gasteiger partial charge in [0.2, 0.25) is 0 Å². The Morgan fingerprint density at radius 3 is 2.50 bits per heavy atom. The maximum Gasteiger partial charge on any atom is 0.0217 e. The van der Waals surface area contributed by atoms with Crippen LogP contribution in [0, 0.1) is 5.92 Å². The summed E-state index contributed by atoms with van der Waals surface area (Å²) in [5.41, 5.74) is 0. The molecule has 0 saturated carbocycles. The third-order valence-corrected chi connectivity index (χ3v) is 3.54. The standard InChI is InChI=1S/C13H29N3/c1-5-14-13(12(2)3)11-16-8-6-7-15(4)9-10-16/h12-14H,5-11H2,1-4H3. The van der Waals surface area contributed by atoms with Crippen molar-refractivity contribution in [3.63, 3.8) is 0 Å². The van der Waals surface area contributed by atoms with Crippen LogP contribution in [0.4, 0.5) is 0 Å². The molecule has 0 aliphatic carbocycles. The Kier molecular flexibility index (Phi) is 6.32. The Hall–Kier alpha value is -0.120. The summed E-state index contributed by atoms with van der Waals surface area (Å²) in [5.74, 6) is 0.723. The van der Waals surface area contributed by atoms with E-state index in [1.807, 2.05) is 0 Å². The highest BCUT2D eigenvalue weighted by molar-refractivity contribution is 4.77. The van der Waals surface area contributed by atoms with Gasteiger partial charge in [-0.2, -0.15) is 0 Å². The van der Waals surface area contributed by atoms with Gasteiger partial charge in [0.25, 0.3) is 0 Å². The Balaban J connectivity index is 2.37. The van der Waals surface area contributed by atoms with Crippen LogP contribution in [0.5, 0.6) is 0 Å². The highest BCUT2D eigenvalue weighted by Crippen LogP contribution is 2.07. The normalized spacial score (nSPS) is 22.3. The number of rotatable bonds is 5. The molecular weight excluding hydrogens is 198 g/mol. The van der Waals surface area contributed by atoms with E-state index in [0.29, 0.717) is 6.04 Å². The first-order chi connectivity index (χ1) is 7.63. The quantitative estimate of drug-likeness (QED) is 0.763. The van der Waals surface area contributed by atoms with Gasteiger partial charge in [-0.3, -0.25) is 0 Å². The number of likely N-dealkylation sites (N-methyl/N-ethyl adjacent to an activating group) is 2. The summed E-state index contributed by atoms with van der Waals surface area (Å²) >= 11 is 0. The number of nitrogens with zero attached hydrogens (tertiary/aromatic N) is 2. The lowest BCUT2D eigenvalue weighted by Crippen LogP contribution is -2.45. The lowest BCUT2D eigenvalue weighted by atomic mass is 10.0. The van der Waals surface area contributed by atoms with Crippen LogP contribution in [-0.4, -0.2) is 62.2 Å². The molecule has 0 aromatic carbocycles. The van der Waals surface area contributed by atoms with Crippen LogP contribution >= 0.6 is 0 Å². The van der Waals surface area contributed by atoms with Gasteiger partial charge < -0.3 is 15.1 Å². The first kappa shape index (κ1) is 13.9. The third-order valence-electron chi connectivity index (χ3n) is 3.54. The van der Waals surface area contributed by atoms with Crippen molar-refractivity contribution in [2.24, 2.45) is 5.92 Å². The number of nitrogens with one attached hydrogen (secondary N) is 1. The summed E-state index contributed by atoms with van der Waals surface area (Å²) in [6.07, 6.45) is 1.31. The fourth-order valence-electron chi connectivity index (χ4n) is 2.33. The molecule has 0 aromatic heterocycles. The van der Waals surface area contributed by atoms with Crippen LogP contribution < -0.4 is 5.32 Å². The van der Waals surface area contributed by atoms with Crippen LogP contribution in [0.25, 0.3) is 0 Å². The molecule has 0 amide bonds.